The second kappa shape index (κ2) is 8.10. The van der Waals surface area contributed by atoms with Crippen molar-refractivity contribution in [2.75, 3.05) is 40.3 Å². The normalized spacial score (nSPS) is 21.7. The molecule has 144 valence electrons. The number of rotatable bonds is 3. The molecule has 0 spiro atoms. The van der Waals surface area contributed by atoms with Crippen molar-refractivity contribution in [1.82, 2.24) is 24.3 Å². The predicted octanol–water partition coefficient (Wildman–Crippen LogP) is 2.00. The van der Waals surface area contributed by atoms with Gasteiger partial charge in [0.15, 0.2) is 0 Å². The fourth-order valence-corrected chi connectivity index (χ4v) is 4.19. The maximum absolute atomic E-state index is 13.0. The highest BCUT2D eigenvalue weighted by Gasteiger charge is 2.33. The lowest BCUT2D eigenvalue weighted by atomic mass is 9.92. The number of hydrogen-bond acceptors (Lipinski definition) is 3. The van der Waals surface area contributed by atoms with Crippen molar-refractivity contribution in [1.29, 1.82) is 0 Å². The van der Waals surface area contributed by atoms with E-state index in [-0.39, 0.29) is 17.9 Å². The molecule has 7 heteroatoms. The minimum absolute atomic E-state index is 0.0420. The Hall–Kier alpha value is -2.05. The van der Waals surface area contributed by atoms with Gasteiger partial charge in [0.2, 0.25) is 5.91 Å². The first-order valence-corrected chi connectivity index (χ1v) is 9.77. The zero-order valence-electron chi connectivity index (χ0n) is 16.2. The number of urea groups is 1. The van der Waals surface area contributed by atoms with Gasteiger partial charge in [-0.3, -0.25) is 4.79 Å². The highest BCUT2D eigenvalue weighted by molar-refractivity contribution is 5.80. The summed E-state index contributed by atoms with van der Waals surface area (Å²) >= 11 is 0. The van der Waals surface area contributed by atoms with E-state index in [0.717, 1.165) is 51.1 Å². The number of piperidine rings is 2. The van der Waals surface area contributed by atoms with Crippen LogP contribution in [-0.2, 0) is 11.3 Å². The fraction of sp³-hybridized carbons (Fsp3) is 0.737. The van der Waals surface area contributed by atoms with Gasteiger partial charge in [0.05, 0.1) is 0 Å². The molecule has 1 aromatic rings. The Morgan fingerprint density at radius 2 is 1.88 bits per heavy atom. The highest BCUT2D eigenvalue weighted by Crippen LogP contribution is 2.28. The van der Waals surface area contributed by atoms with Crippen LogP contribution in [0.2, 0.25) is 0 Å². The van der Waals surface area contributed by atoms with Gasteiger partial charge in [-0.15, -0.1) is 0 Å². The Bertz CT molecular complexity index is 634. The summed E-state index contributed by atoms with van der Waals surface area (Å²) in [5, 5.41) is 0. The average molecular weight is 361 g/mol. The van der Waals surface area contributed by atoms with Crippen LogP contribution in [0.1, 0.15) is 44.3 Å². The Balaban J connectivity index is 1.57. The summed E-state index contributed by atoms with van der Waals surface area (Å²) < 4.78 is 2.18. The molecule has 0 aliphatic carbocycles. The van der Waals surface area contributed by atoms with Crippen LogP contribution in [0.4, 0.5) is 4.79 Å². The quantitative estimate of drug-likeness (QED) is 0.827. The SMILES string of the molecule is CCn1ccnc1[C@@H]1CCCN(C(=O)C2CCN(C(=O)N(C)C)CC2)C1. The van der Waals surface area contributed by atoms with E-state index >= 15 is 0 Å². The van der Waals surface area contributed by atoms with Crippen LogP contribution in [0.25, 0.3) is 0 Å². The highest BCUT2D eigenvalue weighted by atomic mass is 16.2. The van der Waals surface area contributed by atoms with Gasteiger partial charge in [0, 0.05) is 71.0 Å². The maximum atomic E-state index is 13.0. The summed E-state index contributed by atoms with van der Waals surface area (Å²) in [6.07, 6.45) is 7.54. The van der Waals surface area contributed by atoms with Crippen LogP contribution < -0.4 is 0 Å². The van der Waals surface area contributed by atoms with Crippen LogP contribution in [-0.4, -0.2) is 76.5 Å². The van der Waals surface area contributed by atoms with Gasteiger partial charge in [-0.2, -0.15) is 0 Å². The van der Waals surface area contributed by atoms with E-state index in [1.807, 2.05) is 22.2 Å². The van der Waals surface area contributed by atoms with Gasteiger partial charge in [-0.25, -0.2) is 9.78 Å². The monoisotopic (exact) mass is 361 g/mol. The Morgan fingerprint density at radius 1 is 1.15 bits per heavy atom. The van der Waals surface area contributed by atoms with E-state index < -0.39 is 0 Å². The van der Waals surface area contributed by atoms with E-state index in [1.165, 1.54) is 0 Å². The summed E-state index contributed by atoms with van der Waals surface area (Å²) in [6, 6.07) is 0.0420. The summed E-state index contributed by atoms with van der Waals surface area (Å²) in [6.45, 7) is 6.00. The third kappa shape index (κ3) is 3.86. The van der Waals surface area contributed by atoms with Crippen molar-refractivity contribution in [3.8, 4) is 0 Å². The van der Waals surface area contributed by atoms with Gasteiger partial charge in [-0.1, -0.05) is 0 Å². The van der Waals surface area contributed by atoms with Crippen LogP contribution in [0, 0.1) is 5.92 Å². The lowest BCUT2D eigenvalue weighted by Gasteiger charge is -2.38. The van der Waals surface area contributed by atoms with Gasteiger partial charge in [-0.05, 0) is 32.6 Å². The second-order valence-electron chi connectivity index (χ2n) is 7.63. The number of aromatic nitrogens is 2. The summed E-state index contributed by atoms with van der Waals surface area (Å²) in [7, 11) is 3.54. The van der Waals surface area contributed by atoms with Crippen molar-refractivity contribution < 1.29 is 9.59 Å². The van der Waals surface area contributed by atoms with Crippen LogP contribution in [0.15, 0.2) is 12.4 Å². The molecule has 3 heterocycles. The number of amides is 3. The molecule has 26 heavy (non-hydrogen) atoms. The summed E-state index contributed by atoms with van der Waals surface area (Å²) in [5.41, 5.74) is 0. The van der Waals surface area contributed by atoms with E-state index in [2.05, 4.69) is 16.5 Å². The molecule has 1 aromatic heterocycles. The third-order valence-corrected chi connectivity index (χ3v) is 5.68. The number of imidazole rings is 1. The molecule has 0 aromatic carbocycles. The summed E-state index contributed by atoms with van der Waals surface area (Å²) in [4.78, 5) is 35.1. The minimum atomic E-state index is 0.0420. The standard InChI is InChI=1S/C19H31N5O2/c1-4-22-13-9-20-17(22)16-6-5-10-24(14-16)18(25)15-7-11-23(12-8-15)19(26)21(2)3/h9,13,15-16H,4-8,10-12,14H2,1-3H3/t16-/m1/s1. The smallest absolute Gasteiger partial charge is 0.319 e. The van der Waals surface area contributed by atoms with Crippen LogP contribution in [0.5, 0.6) is 0 Å². The average Bonchev–Trinajstić information content (AvgIpc) is 3.16. The number of likely N-dealkylation sites (tertiary alicyclic amines) is 2. The molecule has 2 fully saturated rings. The van der Waals surface area contributed by atoms with E-state index in [4.69, 9.17) is 0 Å². The number of nitrogens with zero attached hydrogens (tertiary/aromatic N) is 5. The fourth-order valence-electron chi connectivity index (χ4n) is 4.19. The molecule has 3 rings (SSSR count). The molecular weight excluding hydrogens is 330 g/mol. The van der Waals surface area contributed by atoms with E-state index in [0.29, 0.717) is 19.0 Å². The molecule has 2 aliphatic heterocycles. The van der Waals surface area contributed by atoms with Gasteiger partial charge >= 0.3 is 6.03 Å². The van der Waals surface area contributed by atoms with Crippen molar-refractivity contribution in [2.45, 2.75) is 45.1 Å². The Kier molecular flexibility index (Phi) is 5.84. The molecule has 2 aliphatic rings. The topological polar surface area (TPSA) is 61.7 Å². The van der Waals surface area contributed by atoms with Crippen molar-refractivity contribution in [3.63, 3.8) is 0 Å². The van der Waals surface area contributed by atoms with E-state index in [9.17, 15) is 9.59 Å². The summed E-state index contributed by atoms with van der Waals surface area (Å²) in [5.74, 6) is 1.75. The molecule has 7 nitrogen and oxygen atoms in total. The Morgan fingerprint density at radius 3 is 2.54 bits per heavy atom. The van der Waals surface area contributed by atoms with Gasteiger partial charge in [0.25, 0.3) is 0 Å². The maximum Gasteiger partial charge on any atom is 0.319 e. The molecule has 0 N–H and O–H groups in total. The lowest BCUT2D eigenvalue weighted by Crippen LogP contribution is -2.48. The third-order valence-electron chi connectivity index (χ3n) is 5.68. The first-order chi connectivity index (χ1) is 12.5. The van der Waals surface area contributed by atoms with Crippen LogP contribution >= 0.6 is 0 Å². The lowest BCUT2D eigenvalue weighted by molar-refractivity contribution is -0.138. The molecular formula is C19H31N5O2. The zero-order chi connectivity index (χ0) is 18.7. The second-order valence-corrected chi connectivity index (χ2v) is 7.63. The molecule has 0 unspecified atom stereocenters. The first kappa shape index (κ1) is 18.7. The first-order valence-electron chi connectivity index (χ1n) is 9.77. The predicted molar refractivity (Wildman–Crippen MR) is 99.8 cm³/mol. The van der Waals surface area contributed by atoms with Crippen molar-refractivity contribution in [2.24, 2.45) is 5.92 Å². The number of aryl methyl sites for hydroxylation is 1. The molecule has 0 radical (unpaired) electrons. The number of hydrogen-bond donors (Lipinski definition) is 0. The molecule has 0 saturated carbocycles. The van der Waals surface area contributed by atoms with Gasteiger partial charge in [0.1, 0.15) is 5.82 Å². The van der Waals surface area contributed by atoms with Crippen LogP contribution in [0.3, 0.4) is 0 Å². The number of carbonyl (C=O) groups excluding carboxylic acids is 2. The molecule has 0 bridgehead atoms. The van der Waals surface area contributed by atoms with Crippen molar-refractivity contribution >= 4 is 11.9 Å². The largest absolute Gasteiger partial charge is 0.342 e. The molecule has 3 amide bonds. The van der Waals surface area contributed by atoms with Gasteiger partial charge < -0.3 is 19.3 Å². The van der Waals surface area contributed by atoms with Crippen molar-refractivity contribution in [3.05, 3.63) is 18.2 Å². The van der Waals surface area contributed by atoms with E-state index in [1.54, 1.807) is 19.0 Å². The zero-order valence-corrected chi connectivity index (χ0v) is 16.2. The minimum Gasteiger partial charge on any atom is -0.342 e. The number of carbonyl (C=O) groups is 2. The molecule has 1 atom stereocenters. The Labute approximate surface area is 156 Å². The molecule has 2 saturated heterocycles.